The van der Waals surface area contributed by atoms with Crippen LogP contribution in [0.2, 0.25) is 0 Å². The summed E-state index contributed by atoms with van der Waals surface area (Å²) >= 11 is 0. The second-order valence-corrected chi connectivity index (χ2v) is 6.45. The number of hydrogen-bond donors (Lipinski definition) is 0. The SMILES string of the molecule is O=C(CC(c1ccc([N+](=O)[O-])cc1)N1CCCCC1)c1ccccc1. The third kappa shape index (κ3) is 4.31. The number of nitro groups is 1. The van der Waals surface area contributed by atoms with Gasteiger partial charge < -0.3 is 0 Å². The van der Waals surface area contributed by atoms with Gasteiger partial charge in [0.15, 0.2) is 5.78 Å². The molecule has 1 heterocycles. The minimum absolute atomic E-state index is 0.0335. The normalized spacial score (nSPS) is 16.3. The zero-order chi connectivity index (χ0) is 17.6. The molecule has 5 heteroatoms. The van der Waals surface area contributed by atoms with E-state index in [2.05, 4.69) is 4.90 Å². The Hall–Kier alpha value is -2.53. The van der Waals surface area contributed by atoms with Crippen LogP contribution in [0.5, 0.6) is 0 Å². The van der Waals surface area contributed by atoms with E-state index in [1.165, 1.54) is 18.6 Å². The lowest BCUT2D eigenvalue weighted by Crippen LogP contribution is -2.35. The van der Waals surface area contributed by atoms with Gasteiger partial charge in [0.1, 0.15) is 0 Å². The summed E-state index contributed by atoms with van der Waals surface area (Å²) in [6.45, 7) is 1.92. The molecule has 1 unspecified atom stereocenters. The van der Waals surface area contributed by atoms with E-state index in [0.29, 0.717) is 12.0 Å². The highest BCUT2D eigenvalue weighted by atomic mass is 16.6. The lowest BCUT2D eigenvalue weighted by atomic mass is 9.94. The number of Topliss-reactive ketones (excluding diaryl/α,β-unsaturated/α-hetero) is 1. The lowest BCUT2D eigenvalue weighted by molar-refractivity contribution is -0.384. The first kappa shape index (κ1) is 17.3. The van der Waals surface area contributed by atoms with Crippen molar-refractivity contribution in [2.75, 3.05) is 13.1 Å². The maximum atomic E-state index is 12.7. The Labute approximate surface area is 147 Å². The van der Waals surface area contributed by atoms with Crippen LogP contribution in [0.1, 0.15) is 47.6 Å². The predicted octanol–water partition coefficient (Wildman–Crippen LogP) is 4.39. The van der Waals surface area contributed by atoms with Crippen molar-refractivity contribution in [1.82, 2.24) is 4.90 Å². The van der Waals surface area contributed by atoms with Crippen LogP contribution in [0.15, 0.2) is 54.6 Å². The number of ketones is 1. The minimum Gasteiger partial charge on any atom is -0.296 e. The monoisotopic (exact) mass is 338 g/mol. The quantitative estimate of drug-likeness (QED) is 0.445. The number of nitrogens with zero attached hydrogens (tertiary/aromatic N) is 2. The fourth-order valence-electron chi connectivity index (χ4n) is 3.42. The van der Waals surface area contributed by atoms with Crippen molar-refractivity contribution in [3.05, 3.63) is 75.8 Å². The number of non-ortho nitro benzene ring substituents is 1. The molecule has 0 N–H and O–H groups in total. The van der Waals surface area contributed by atoms with Gasteiger partial charge in [0.25, 0.3) is 5.69 Å². The second-order valence-electron chi connectivity index (χ2n) is 6.45. The van der Waals surface area contributed by atoms with E-state index in [-0.39, 0.29) is 17.5 Å². The summed E-state index contributed by atoms with van der Waals surface area (Å²) in [7, 11) is 0. The summed E-state index contributed by atoms with van der Waals surface area (Å²) in [5.41, 5.74) is 1.76. The highest BCUT2D eigenvalue weighted by Gasteiger charge is 2.25. The van der Waals surface area contributed by atoms with E-state index >= 15 is 0 Å². The molecule has 0 radical (unpaired) electrons. The van der Waals surface area contributed by atoms with Crippen molar-refractivity contribution in [1.29, 1.82) is 0 Å². The fraction of sp³-hybridized carbons (Fsp3) is 0.350. The summed E-state index contributed by atoms with van der Waals surface area (Å²) in [4.78, 5) is 25.5. The number of rotatable bonds is 6. The van der Waals surface area contributed by atoms with Crippen molar-refractivity contribution in [2.45, 2.75) is 31.7 Å². The molecule has 3 rings (SSSR count). The lowest BCUT2D eigenvalue weighted by Gasteiger charge is -2.34. The Kier molecular flexibility index (Phi) is 5.56. The average Bonchev–Trinajstić information content (AvgIpc) is 2.67. The molecule has 130 valence electrons. The van der Waals surface area contributed by atoms with Gasteiger partial charge in [0, 0.05) is 30.2 Å². The zero-order valence-corrected chi connectivity index (χ0v) is 14.1. The molecule has 0 aliphatic carbocycles. The van der Waals surface area contributed by atoms with Crippen LogP contribution >= 0.6 is 0 Å². The van der Waals surface area contributed by atoms with Crippen LogP contribution < -0.4 is 0 Å². The molecule has 5 nitrogen and oxygen atoms in total. The van der Waals surface area contributed by atoms with Gasteiger partial charge in [0.2, 0.25) is 0 Å². The van der Waals surface area contributed by atoms with Crippen molar-refractivity contribution < 1.29 is 9.72 Å². The smallest absolute Gasteiger partial charge is 0.269 e. The average molecular weight is 338 g/mol. The second kappa shape index (κ2) is 8.03. The highest BCUT2D eigenvalue weighted by molar-refractivity contribution is 5.96. The largest absolute Gasteiger partial charge is 0.296 e. The molecule has 2 aromatic carbocycles. The fourth-order valence-corrected chi connectivity index (χ4v) is 3.42. The van der Waals surface area contributed by atoms with Gasteiger partial charge in [-0.1, -0.05) is 48.9 Å². The Morgan fingerprint density at radius 2 is 1.64 bits per heavy atom. The maximum absolute atomic E-state index is 12.7. The number of nitro benzene ring substituents is 1. The first-order valence-corrected chi connectivity index (χ1v) is 8.72. The molecule has 1 saturated heterocycles. The molecule has 0 saturated carbocycles. The summed E-state index contributed by atoms with van der Waals surface area (Å²) in [6.07, 6.45) is 3.87. The van der Waals surface area contributed by atoms with E-state index in [4.69, 9.17) is 0 Å². The topological polar surface area (TPSA) is 63.4 Å². The molecule has 1 aliphatic rings. The molecule has 0 amide bonds. The number of carbonyl (C=O) groups excluding carboxylic acids is 1. The van der Waals surface area contributed by atoms with Crippen LogP contribution in [0, 0.1) is 10.1 Å². The van der Waals surface area contributed by atoms with Crippen molar-refractivity contribution in [3.8, 4) is 0 Å². The Bertz CT molecular complexity index is 722. The number of benzene rings is 2. The van der Waals surface area contributed by atoms with Gasteiger partial charge in [-0.3, -0.25) is 19.8 Å². The summed E-state index contributed by atoms with van der Waals surface area (Å²) in [5.74, 6) is 0.106. The first-order valence-electron chi connectivity index (χ1n) is 8.72. The van der Waals surface area contributed by atoms with E-state index in [0.717, 1.165) is 31.5 Å². The molecule has 2 aromatic rings. The Morgan fingerprint density at radius 1 is 1.00 bits per heavy atom. The first-order chi connectivity index (χ1) is 12.1. The molecule has 25 heavy (non-hydrogen) atoms. The van der Waals surface area contributed by atoms with Gasteiger partial charge in [-0.05, 0) is 31.5 Å². The number of carbonyl (C=O) groups is 1. The zero-order valence-electron chi connectivity index (χ0n) is 14.1. The summed E-state index contributed by atoms with van der Waals surface area (Å²) in [5, 5.41) is 10.9. The number of likely N-dealkylation sites (tertiary alicyclic amines) is 1. The number of hydrogen-bond acceptors (Lipinski definition) is 4. The van der Waals surface area contributed by atoms with Crippen LogP contribution in [-0.4, -0.2) is 28.7 Å². The third-order valence-electron chi connectivity index (χ3n) is 4.79. The standard InChI is InChI=1S/C20H22N2O3/c23-20(17-7-3-1-4-8-17)15-19(21-13-5-2-6-14-21)16-9-11-18(12-10-16)22(24)25/h1,3-4,7-12,19H,2,5-6,13-15H2. The Balaban J connectivity index is 1.84. The van der Waals surface area contributed by atoms with Gasteiger partial charge in [-0.15, -0.1) is 0 Å². The molecule has 1 atom stereocenters. The van der Waals surface area contributed by atoms with Crippen LogP contribution in [-0.2, 0) is 0 Å². The van der Waals surface area contributed by atoms with Crippen molar-refractivity contribution in [3.63, 3.8) is 0 Å². The van der Waals surface area contributed by atoms with Crippen molar-refractivity contribution >= 4 is 11.5 Å². The number of piperidine rings is 1. The van der Waals surface area contributed by atoms with E-state index in [9.17, 15) is 14.9 Å². The van der Waals surface area contributed by atoms with E-state index in [1.807, 2.05) is 30.3 Å². The molecule has 1 fully saturated rings. The van der Waals surface area contributed by atoms with Gasteiger partial charge in [0.05, 0.1) is 4.92 Å². The molecule has 0 aromatic heterocycles. The molecule has 0 spiro atoms. The van der Waals surface area contributed by atoms with Crippen LogP contribution in [0.3, 0.4) is 0 Å². The summed E-state index contributed by atoms with van der Waals surface area (Å²) in [6, 6.07) is 15.9. The van der Waals surface area contributed by atoms with Gasteiger partial charge in [-0.2, -0.15) is 0 Å². The van der Waals surface area contributed by atoms with Crippen LogP contribution in [0.25, 0.3) is 0 Å². The summed E-state index contributed by atoms with van der Waals surface area (Å²) < 4.78 is 0. The molecule has 0 bridgehead atoms. The van der Waals surface area contributed by atoms with E-state index < -0.39 is 4.92 Å². The molecular formula is C20H22N2O3. The van der Waals surface area contributed by atoms with Crippen LogP contribution in [0.4, 0.5) is 5.69 Å². The highest BCUT2D eigenvalue weighted by Crippen LogP contribution is 2.30. The minimum atomic E-state index is -0.394. The Morgan fingerprint density at radius 3 is 2.24 bits per heavy atom. The maximum Gasteiger partial charge on any atom is 0.269 e. The van der Waals surface area contributed by atoms with Crippen molar-refractivity contribution in [2.24, 2.45) is 0 Å². The van der Waals surface area contributed by atoms with E-state index in [1.54, 1.807) is 12.1 Å². The van der Waals surface area contributed by atoms with Gasteiger partial charge in [-0.25, -0.2) is 0 Å². The molecule has 1 aliphatic heterocycles. The molecular weight excluding hydrogens is 316 g/mol. The van der Waals surface area contributed by atoms with Gasteiger partial charge >= 0.3 is 0 Å². The third-order valence-corrected chi connectivity index (χ3v) is 4.79. The predicted molar refractivity (Wildman–Crippen MR) is 96.7 cm³/mol.